The van der Waals surface area contributed by atoms with E-state index in [1.54, 1.807) is 0 Å². The molecule has 0 fully saturated rings. The van der Waals surface area contributed by atoms with E-state index < -0.39 is 0 Å². The first kappa shape index (κ1) is 10.1. The summed E-state index contributed by atoms with van der Waals surface area (Å²) in [5.74, 6) is 5.04. The molecule has 0 aliphatic carbocycles. The number of hydrogen-bond donors (Lipinski definition) is 3. The second kappa shape index (κ2) is 5.84. The molecule has 0 aromatic rings. The summed E-state index contributed by atoms with van der Waals surface area (Å²) < 4.78 is 0. The van der Waals surface area contributed by atoms with E-state index in [0.29, 0.717) is 6.54 Å². The Hall–Kier alpha value is -0.910. The summed E-state index contributed by atoms with van der Waals surface area (Å²) in [7, 11) is 0. The van der Waals surface area contributed by atoms with Crippen LogP contribution in [-0.4, -0.2) is 23.4 Å². The molecule has 5 N–H and O–H groups in total. The summed E-state index contributed by atoms with van der Waals surface area (Å²) in [6, 6.07) is 0. The molecule has 11 heavy (non-hydrogen) atoms. The first-order chi connectivity index (χ1) is 5.20. The zero-order valence-electron chi connectivity index (χ0n) is 6.33. The summed E-state index contributed by atoms with van der Waals surface area (Å²) in [5, 5.41) is 6.03. The fraction of sp³-hybridized carbons (Fsp3) is 0.600. The fourth-order valence-electron chi connectivity index (χ4n) is 0.425. The van der Waals surface area contributed by atoms with Crippen molar-refractivity contribution in [3.63, 3.8) is 0 Å². The Bertz CT molecular complexity index is 159. The number of nitrogens with one attached hydrogen (secondary N) is 1. The number of rotatable bonds is 3. The van der Waals surface area contributed by atoms with Gasteiger partial charge >= 0.3 is 0 Å². The zero-order chi connectivity index (χ0) is 8.69. The Morgan fingerprint density at radius 3 is 2.82 bits per heavy atom. The monoisotopic (exact) mass is 176 g/mol. The van der Waals surface area contributed by atoms with Gasteiger partial charge < -0.3 is 16.9 Å². The van der Waals surface area contributed by atoms with E-state index in [0.717, 1.165) is 11.8 Å². The first-order valence-corrected chi connectivity index (χ1v) is 4.12. The molecule has 5 nitrogen and oxygen atoms in total. The Kier molecular flexibility index (Phi) is 5.36. The van der Waals surface area contributed by atoms with Gasteiger partial charge in [0.2, 0.25) is 5.91 Å². The van der Waals surface area contributed by atoms with Crippen LogP contribution in [0.1, 0.15) is 6.92 Å². The Morgan fingerprint density at radius 2 is 2.36 bits per heavy atom. The van der Waals surface area contributed by atoms with Crippen LogP contribution in [0.2, 0.25) is 0 Å². The Labute approximate surface area is 69.6 Å². The lowest BCUT2D eigenvalue weighted by Gasteiger charge is -1.99. The van der Waals surface area contributed by atoms with E-state index in [2.05, 4.69) is 10.4 Å². The molecule has 0 radical (unpaired) electrons. The van der Waals surface area contributed by atoms with Crippen LogP contribution in [0.5, 0.6) is 0 Å². The second-order valence-electron chi connectivity index (χ2n) is 1.71. The number of carbonyl (C=O) groups excluding carboxylic acids is 1. The van der Waals surface area contributed by atoms with E-state index in [4.69, 9.17) is 11.6 Å². The predicted octanol–water partition coefficient (Wildman–Crippen LogP) is -0.956. The number of amides is 1. The zero-order valence-corrected chi connectivity index (χ0v) is 7.15. The number of hydrogen-bond acceptors (Lipinski definition) is 4. The average molecular weight is 176 g/mol. The summed E-state index contributed by atoms with van der Waals surface area (Å²) in [5.41, 5.74) is 5.23. The van der Waals surface area contributed by atoms with Crippen LogP contribution in [0.4, 0.5) is 0 Å². The molecule has 0 unspecified atom stereocenters. The molecule has 0 atom stereocenters. The van der Waals surface area contributed by atoms with Crippen molar-refractivity contribution in [2.24, 2.45) is 16.7 Å². The van der Waals surface area contributed by atoms with Crippen molar-refractivity contribution in [3.8, 4) is 0 Å². The third-order valence-corrected chi connectivity index (χ3v) is 1.66. The first-order valence-electron chi connectivity index (χ1n) is 3.13. The number of hydrazone groups is 1. The number of nitrogens with zero attached hydrogens (tertiary/aromatic N) is 1. The van der Waals surface area contributed by atoms with Gasteiger partial charge in [0.1, 0.15) is 0 Å². The van der Waals surface area contributed by atoms with Crippen molar-refractivity contribution in [3.05, 3.63) is 0 Å². The highest BCUT2D eigenvalue weighted by Gasteiger charge is 2.00. The van der Waals surface area contributed by atoms with Gasteiger partial charge in [0.25, 0.3) is 0 Å². The molecular formula is C5H12N4OS. The second-order valence-corrected chi connectivity index (χ2v) is 2.71. The van der Waals surface area contributed by atoms with E-state index in [1.165, 1.54) is 0 Å². The molecule has 0 aliphatic heterocycles. The van der Waals surface area contributed by atoms with E-state index in [1.807, 2.05) is 6.92 Å². The highest BCUT2D eigenvalue weighted by atomic mass is 32.2. The van der Waals surface area contributed by atoms with Gasteiger partial charge in [-0.1, -0.05) is 11.8 Å². The molecule has 0 aromatic heterocycles. The molecule has 0 heterocycles. The third-order valence-electron chi connectivity index (χ3n) is 0.852. The quantitative estimate of drug-likeness (QED) is 0.223. The largest absolute Gasteiger partial charge is 0.377 e. The molecule has 0 rings (SSSR count). The molecular weight excluding hydrogens is 164 g/mol. The van der Waals surface area contributed by atoms with Gasteiger partial charge in [0.15, 0.2) is 5.17 Å². The molecule has 0 bridgehead atoms. The summed E-state index contributed by atoms with van der Waals surface area (Å²) in [6.07, 6.45) is 0. The summed E-state index contributed by atoms with van der Waals surface area (Å²) >= 11 is 1.12. The van der Waals surface area contributed by atoms with Crippen LogP contribution >= 0.6 is 11.8 Å². The van der Waals surface area contributed by atoms with Crippen molar-refractivity contribution in [2.45, 2.75) is 6.92 Å². The minimum absolute atomic E-state index is 0.0656. The summed E-state index contributed by atoms with van der Waals surface area (Å²) in [6.45, 7) is 2.47. The Balaban J connectivity index is 3.46. The molecule has 1 amide bonds. The van der Waals surface area contributed by atoms with Gasteiger partial charge in [-0.25, -0.2) is 0 Å². The van der Waals surface area contributed by atoms with Gasteiger partial charge in [-0.2, -0.15) is 5.10 Å². The Morgan fingerprint density at radius 1 is 1.73 bits per heavy atom. The maximum Gasteiger partial charge on any atom is 0.230 e. The van der Waals surface area contributed by atoms with Crippen LogP contribution in [0.3, 0.4) is 0 Å². The van der Waals surface area contributed by atoms with Crippen molar-refractivity contribution in [2.75, 3.05) is 12.3 Å². The van der Waals surface area contributed by atoms with Crippen LogP contribution in [0, 0.1) is 0 Å². The lowest BCUT2D eigenvalue weighted by Crippen LogP contribution is -2.26. The SMILES string of the molecule is CCNC(=O)CSC(N)=NN. The third kappa shape index (κ3) is 5.53. The lowest BCUT2D eigenvalue weighted by molar-refractivity contribution is -0.118. The van der Waals surface area contributed by atoms with E-state index >= 15 is 0 Å². The number of amidine groups is 1. The van der Waals surface area contributed by atoms with Gasteiger partial charge in [0, 0.05) is 6.54 Å². The van der Waals surface area contributed by atoms with Crippen LogP contribution in [0.15, 0.2) is 5.10 Å². The van der Waals surface area contributed by atoms with Crippen LogP contribution in [0.25, 0.3) is 0 Å². The van der Waals surface area contributed by atoms with Crippen LogP contribution < -0.4 is 16.9 Å². The minimum atomic E-state index is -0.0656. The predicted molar refractivity (Wildman–Crippen MR) is 47.0 cm³/mol. The standard InChI is InChI=1S/C5H12N4OS/c1-2-8-4(10)3-11-5(6)9-7/h2-3,7H2,1H3,(H2,6,9)(H,8,10). The topological polar surface area (TPSA) is 93.5 Å². The van der Waals surface area contributed by atoms with Gasteiger partial charge in [0.05, 0.1) is 5.75 Å². The number of nitrogens with two attached hydrogens (primary N) is 2. The molecule has 0 spiro atoms. The minimum Gasteiger partial charge on any atom is -0.377 e. The molecule has 6 heteroatoms. The number of thioether (sulfide) groups is 1. The molecule has 0 aromatic carbocycles. The van der Waals surface area contributed by atoms with Crippen molar-refractivity contribution in [1.29, 1.82) is 0 Å². The van der Waals surface area contributed by atoms with Crippen LogP contribution in [-0.2, 0) is 4.79 Å². The van der Waals surface area contributed by atoms with Crippen molar-refractivity contribution >= 4 is 22.8 Å². The lowest BCUT2D eigenvalue weighted by atomic mass is 10.6. The fourth-order valence-corrected chi connectivity index (χ4v) is 0.881. The average Bonchev–Trinajstić information content (AvgIpc) is 2.01. The summed E-state index contributed by atoms with van der Waals surface area (Å²) in [4.78, 5) is 10.8. The highest BCUT2D eigenvalue weighted by Crippen LogP contribution is 1.96. The van der Waals surface area contributed by atoms with Crippen molar-refractivity contribution in [1.82, 2.24) is 5.32 Å². The van der Waals surface area contributed by atoms with Gasteiger partial charge in [-0.3, -0.25) is 4.79 Å². The maximum atomic E-state index is 10.8. The highest BCUT2D eigenvalue weighted by molar-refractivity contribution is 8.14. The smallest absolute Gasteiger partial charge is 0.230 e. The normalized spacial score (nSPS) is 11.2. The van der Waals surface area contributed by atoms with E-state index in [-0.39, 0.29) is 16.8 Å². The van der Waals surface area contributed by atoms with Gasteiger partial charge in [-0.05, 0) is 6.92 Å². The van der Waals surface area contributed by atoms with E-state index in [9.17, 15) is 4.79 Å². The molecule has 0 saturated heterocycles. The maximum absolute atomic E-state index is 10.8. The molecule has 64 valence electrons. The molecule has 0 aliphatic rings. The number of carbonyl (C=O) groups is 1. The van der Waals surface area contributed by atoms with Gasteiger partial charge in [-0.15, -0.1) is 0 Å². The van der Waals surface area contributed by atoms with Crippen molar-refractivity contribution < 1.29 is 4.79 Å². The molecule has 0 saturated carbocycles.